The van der Waals surface area contributed by atoms with Gasteiger partial charge in [-0.15, -0.1) is 0 Å². The molecule has 0 spiro atoms. The second kappa shape index (κ2) is 3.10. The van der Waals surface area contributed by atoms with Crippen molar-refractivity contribution >= 4 is 0 Å². The molecule has 0 fully saturated rings. The van der Waals surface area contributed by atoms with Gasteiger partial charge in [0.05, 0.1) is 37.0 Å². The first-order chi connectivity index (χ1) is 6.24. The van der Waals surface area contributed by atoms with E-state index < -0.39 is 12.2 Å². The van der Waals surface area contributed by atoms with E-state index in [1.807, 2.05) is 0 Å². The van der Waals surface area contributed by atoms with E-state index in [0.717, 1.165) is 0 Å². The van der Waals surface area contributed by atoms with Crippen molar-refractivity contribution < 1.29 is 15.3 Å². The molecule has 1 aromatic rings. The Morgan fingerprint density at radius 2 is 2.31 bits per heavy atom. The molecule has 3 atom stereocenters. The quantitative estimate of drug-likeness (QED) is 0.534. The summed E-state index contributed by atoms with van der Waals surface area (Å²) in [6, 6.07) is -0.170. The number of imidazole rings is 1. The molecular weight excluding hydrogens is 172 g/mol. The summed E-state index contributed by atoms with van der Waals surface area (Å²) in [6.07, 6.45) is 1.74. The molecule has 0 aromatic carbocycles. The zero-order chi connectivity index (χ0) is 9.42. The Morgan fingerprint density at radius 1 is 1.54 bits per heavy atom. The molecule has 0 radical (unpaired) electrons. The molecule has 2 rings (SSSR count). The minimum atomic E-state index is -0.884. The molecule has 5 heteroatoms. The molecule has 0 aliphatic carbocycles. The van der Waals surface area contributed by atoms with E-state index in [9.17, 15) is 10.2 Å². The molecule has 13 heavy (non-hydrogen) atoms. The summed E-state index contributed by atoms with van der Waals surface area (Å²) in [4.78, 5) is 3.87. The van der Waals surface area contributed by atoms with Gasteiger partial charge in [0.2, 0.25) is 0 Å². The average molecular weight is 184 g/mol. The zero-order valence-corrected chi connectivity index (χ0v) is 7.04. The Labute approximate surface area is 75.3 Å². The number of rotatable bonds is 1. The van der Waals surface area contributed by atoms with E-state index in [2.05, 4.69) is 4.98 Å². The van der Waals surface area contributed by atoms with Gasteiger partial charge in [-0.05, 0) is 6.42 Å². The molecule has 72 valence electrons. The highest BCUT2D eigenvalue weighted by Gasteiger charge is 2.32. The number of nitrogens with zero attached hydrogens (tertiary/aromatic N) is 2. The SMILES string of the molecule is OC[C@@H]1C[C@@H](O)[C@@H](O)c2cncn21. The zero-order valence-electron chi connectivity index (χ0n) is 7.04. The molecule has 3 N–H and O–H groups in total. The van der Waals surface area contributed by atoms with Gasteiger partial charge in [-0.2, -0.15) is 0 Å². The summed E-state index contributed by atoms with van der Waals surface area (Å²) in [5, 5.41) is 28.0. The van der Waals surface area contributed by atoms with E-state index in [1.165, 1.54) is 6.20 Å². The third-order valence-electron chi connectivity index (χ3n) is 2.48. The fourth-order valence-corrected chi connectivity index (χ4v) is 1.73. The van der Waals surface area contributed by atoms with Gasteiger partial charge in [-0.1, -0.05) is 0 Å². The maximum absolute atomic E-state index is 9.54. The summed E-state index contributed by atoms with van der Waals surface area (Å²) in [6.45, 7) is -0.0485. The molecule has 0 amide bonds. The van der Waals surface area contributed by atoms with Crippen LogP contribution in [0.25, 0.3) is 0 Å². The van der Waals surface area contributed by atoms with Crippen molar-refractivity contribution in [3.8, 4) is 0 Å². The standard InChI is InChI=1S/C8H12N2O3/c11-3-5-1-7(12)8(13)6-2-9-4-10(5)6/h2,4-5,7-8,11-13H,1,3H2/t5-,7+,8-/m0/s1. The number of fused-ring (bicyclic) bond motifs is 1. The largest absolute Gasteiger partial charge is 0.394 e. The topological polar surface area (TPSA) is 78.5 Å². The third kappa shape index (κ3) is 1.25. The Balaban J connectivity index is 2.38. The van der Waals surface area contributed by atoms with E-state index in [1.54, 1.807) is 10.9 Å². The fraction of sp³-hybridized carbons (Fsp3) is 0.625. The Hall–Kier alpha value is -0.910. The van der Waals surface area contributed by atoms with Gasteiger partial charge >= 0.3 is 0 Å². The number of hydrogen-bond acceptors (Lipinski definition) is 4. The molecule has 0 saturated carbocycles. The molecule has 5 nitrogen and oxygen atoms in total. The van der Waals surface area contributed by atoms with Crippen LogP contribution in [0.2, 0.25) is 0 Å². The van der Waals surface area contributed by atoms with E-state index >= 15 is 0 Å². The molecule has 0 bridgehead atoms. The predicted molar refractivity (Wildman–Crippen MR) is 43.9 cm³/mol. The van der Waals surface area contributed by atoms with Crippen molar-refractivity contribution in [1.82, 2.24) is 9.55 Å². The van der Waals surface area contributed by atoms with Crippen molar-refractivity contribution in [3.05, 3.63) is 18.2 Å². The molecular formula is C8H12N2O3. The molecule has 1 aliphatic rings. The highest BCUT2D eigenvalue weighted by molar-refractivity contribution is 5.10. The number of aliphatic hydroxyl groups excluding tert-OH is 3. The smallest absolute Gasteiger partial charge is 0.121 e. The summed E-state index contributed by atoms with van der Waals surface area (Å²) in [7, 11) is 0. The van der Waals surface area contributed by atoms with Gasteiger partial charge < -0.3 is 19.9 Å². The number of hydrogen-bond donors (Lipinski definition) is 3. The molecule has 2 heterocycles. The van der Waals surface area contributed by atoms with Crippen molar-refractivity contribution in [2.45, 2.75) is 24.7 Å². The molecule has 1 aliphatic heterocycles. The Morgan fingerprint density at radius 3 is 3.00 bits per heavy atom. The Kier molecular flexibility index (Phi) is 2.07. The minimum absolute atomic E-state index is 0.0485. The molecule has 0 unspecified atom stereocenters. The van der Waals surface area contributed by atoms with Crippen LogP contribution in [-0.2, 0) is 0 Å². The maximum Gasteiger partial charge on any atom is 0.121 e. The van der Waals surface area contributed by atoms with Crippen LogP contribution in [0.1, 0.15) is 24.3 Å². The lowest BCUT2D eigenvalue weighted by molar-refractivity contribution is -0.0227. The van der Waals surface area contributed by atoms with Gasteiger partial charge in [0.1, 0.15) is 6.10 Å². The second-order valence-corrected chi connectivity index (χ2v) is 3.31. The second-order valence-electron chi connectivity index (χ2n) is 3.31. The number of aromatic nitrogens is 2. The minimum Gasteiger partial charge on any atom is -0.394 e. The lowest BCUT2D eigenvalue weighted by atomic mass is 9.98. The van der Waals surface area contributed by atoms with Crippen LogP contribution in [0.3, 0.4) is 0 Å². The predicted octanol–water partition coefficient (Wildman–Crippen LogP) is -0.786. The van der Waals surface area contributed by atoms with Crippen LogP contribution in [0.5, 0.6) is 0 Å². The first-order valence-electron chi connectivity index (χ1n) is 4.22. The lowest BCUT2D eigenvalue weighted by Gasteiger charge is -2.31. The van der Waals surface area contributed by atoms with Gasteiger partial charge in [-0.3, -0.25) is 0 Å². The van der Waals surface area contributed by atoms with E-state index in [0.29, 0.717) is 12.1 Å². The Bertz CT molecular complexity index is 289. The van der Waals surface area contributed by atoms with Crippen LogP contribution in [-0.4, -0.2) is 37.6 Å². The molecule has 0 saturated heterocycles. The van der Waals surface area contributed by atoms with Crippen molar-refractivity contribution in [2.24, 2.45) is 0 Å². The third-order valence-corrected chi connectivity index (χ3v) is 2.48. The summed E-state index contributed by atoms with van der Waals surface area (Å²) in [5.41, 5.74) is 0.567. The first kappa shape index (κ1) is 8.68. The van der Waals surface area contributed by atoms with Crippen LogP contribution < -0.4 is 0 Å². The van der Waals surface area contributed by atoms with Crippen LogP contribution in [0.4, 0.5) is 0 Å². The first-order valence-corrected chi connectivity index (χ1v) is 4.22. The number of aliphatic hydroxyl groups is 3. The monoisotopic (exact) mass is 184 g/mol. The van der Waals surface area contributed by atoms with Crippen LogP contribution in [0, 0.1) is 0 Å². The molecule has 1 aromatic heterocycles. The average Bonchev–Trinajstić information content (AvgIpc) is 2.60. The van der Waals surface area contributed by atoms with Crippen LogP contribution in [0.15, 0.2) is 12.5 Å². The normalized spacial score (nSPS) is 33.0. The van der Waals surface area contributed by atoms with Gasteiger partial charge in [0.15, 0.2) is 0 Å². The maximum atomic E-state index is 9.54. The lowest BCUT2D eigenvalue weighted by Crippen LogP contribution is -2.33. The van der Waals surface area contributed by atoms with Gasteiger partial charge in [-0.25, -0.2) is 4.98 Å². The fourth-order valence-electron chi connectivity index (χ4n) is 1.73. The summed E-state index contributed by atoms with van der Waals surface area (Å²) in [5.74, 6) is 0. The van der Waals surface area contributed by atoms with Gasteiger partial charge in [0, 0.05) is 0 Å². The summed E-state index contributed by atoms with van der Waals surface area (Å²) < 4.78 is 1.71. The van der Waals surface area contributed by atoms with Crippen molar-refractivity contribution in [3.63, 3.8) is 0 Å². The highest BCUT2D eigenvalue weighted by Crippen LogP contribution is 2.31. The van der Waals surface area contributed by atoms with E-state index in [4.69, 9.17) is 5.11 Å². The van der Waals surface area contributed by atoms with Crippen LogP contribution >= 0.6 is 0 Å². The summed E-state index contributed by atoms with van der Waals surface area (Å²) >= 11 is 0. The van der Waals surface area contributed by atoms with Crippen molar-refractivity contribution in [2.75, 3.05) is 6.61 Å². The van der Waals surface area contributed by atoms with E-state index in [-0.39, 0.29) is 12.6 Å². The van der Waals surface area contributed by atoms with Gasteiger partial charge in [0.25, 0.3) is 0 Å². The highest BCUT2D eigenvalue weighted by atomic mass is 16.3. The van der Waals surface area contributed by atoms with Crippen molar-refractivity contribution in [1.29, 1.82) is 0 Å².